The number of nitrogens with one attached hydrogen (secondary N) is 1. The molecule has 1 aliphatic carbocycles. The largest absolute Gasteiger partial charge is 0.379 e. The van der Waals surface area contributed by atoms with Crippen molar-refractivity contribution >= 4 is 17.3 Å². The standard InChI is InChI=1S/C13H18ClFN2/c14-11-6-5-10(15)7-12(11)17-13(8-16)9-3-1-2-4-9/h5-7,9,13,17H,1-4,8,16H2. The number of rotatable bonds is 4. The molecule has 2 rings (SSSR count). The van der Waals surface area contributed by atoms with Gasteiger partial charge in [-0.1, -0.05) is 24.4 Å². The fourth-order valence-corrected chi connectivity index (χ4v) is 2.71. The Bertz CT molecular complexity index is 378. The summed E-state index contributed by atoms with van der Waals surface area (Å²) in [5, 5.41) is 3.83. The lowest BCUT2D eigenvalue weighted by atomic mass is 9.98. The smallest absolute Gasteiger partial charge is 0.125 e. The van der Waals surface area contributed by atoms with Gasteiger partial charge in [-0.15, -0.1) is 0 Å². The monoisotopic (exact) mass is 256 g/mol. The first-order valence-electron chi connectivity index (χ1n) is 6.12. The van der Waals surface area contributed by atoms with E-state index in [1.165, 1.54) is 37.8 Å². The maximum absolute atomic E-state index is 13.1. The lowest BCUT2D eigenvalue weighted by Gasteiger charge is -2.24. The first-order valence-corrected chi connectivity index (χ1v) is 6.50. The Labute approximate surface area is 106 Å². The van der Waals surface area contributed by atoms with Crippen LogP contribution < -0.4 is 11.1 Å². The van der Waals surface area contributed by atoms with Crippen LogP contribution in [0.1, 0.15) is 25.7 Å². The van der Waals surface area contributed by atoms with Crippen molar-refractivity contribution in [3.63, 3.8) is 0 Å². The fourth-order valence-electron chi connectivity index (χ4n) is 2.54. The summed E-state index contributed by atoms with van der Waals surface area (Å²) >= 11 is 6.03. The van der Waals surface area contributed by atoms with Crippen LogP contribution in [0.5, 0.6) is 0 Å². The highest BCUT2D eigenvalue weighted by atomic mass is 35.5. The average Bonchev–Trinajstić information content (AvgIpc) is 2.84. The minimum Gasteiger partial charge on any atom is -0.379 e. The molecule has 1 atom stereocenters. The Morgan fingerprint density at radius 1 is 1.41 bits per heavy atom. The first-order chi connectivity index (χ1) is 8.20. The van der Waals surface area contributed by atoms with Crippen molar-refractivity contribution in [2.75, 3.05) is 11.9 Å². The zero-order valence-corrected chi connectivity index (χ0v) is 10.5. The molecule has 0 heterocycles. The molecule has 2 nitrogen and oxygen atoms in total. The number of halogens is 2. The van der Waals surface area contributed by atoms with Crippen LogP contribution in [0.4, 0.5) is 10.1 Å². The summed E-state index contributed by atoms with van der Waals surface area (Å²) in [6.45, 7) is 0.553. The van der Waals surface area contributed by atoms with E-state index in [0.29, 0.717) is 23.2 Å². The van der Waals surface area contributed by atoms with E-state index in [9.17, 15) is 4.39 Å². The zero-order valence-electron chi connectivity index (χ0n) is 9.76. The summed E-state index contributed by atoms with van der Waals surface area (Å²) in [6, 6.07) is 4.55. The molecule has 17 heavy (non-hydrogen) atoms. The molecule has 0 aromatic heterocycles. The van der Waals surface area contributed by atoms with Gasteiger partial charge in [-0.2, -0.15) is 0 Å². The van der Waals surface area contributed by atoms with Crippen molar-refractivity contribution in [3.8, 4) is 0 Å². The lowest BCUT2D eigenvalue weighted by molar-refractivity contribution is 0.462. The van der Waals surface area contributed by atoms with Crippen molar-refractivity contribution in [1.29, 1.82) is 0 Å². The van der Waals surface area contributed by atoms with Crippen molar-refractivity contribution in [2.45, 2.75) is 31.7 Å². The molecule has 1 unspecified atom stereocenters. The number of hydrogen-bond donors (Lipinski definition) is 2. The van der Waals surface area contributed by atoms with Gasteiger partial charge in [0.05, 0.1) is 10.7 Å². The summed E-state index contributed by atoms with van der Waals surface area (Å²) in [6.07, 6.45) is 4.92. The van der Waals surface area contributed by atoms with E-state index < -0.39 is 0 Å². The zero-order chi connectivity index (χ0) is 12.3. The second-order valence-corrected chi connectivity index (χ2v) is 5.06. The van der Waals surface area contributed by atoms with Crippen molar-refractivity contribution < 1.29 is 4.39 Å². The Balaban J connectivity index is 2.09. The lowest BCUT2D eigenvalue weighted by Crippen LogP contribution is -2.35. The van der Waals surface area contributed by atoms with Crippen molar-refractivity contribution in [2.24, 2.45) is 11.7 Å². The first kappa shape index (κ1) is 12.7. The number of nitrogens with two attached hydrogens (primary N) is 1. The maximum Gasteiger partial charge on any atom is 0.125 e. The van der Waals surface area contributed by atoms with Crippen LogP contribution in [0.15, 0.2) is 18.2 Å². The van der Waals surface area contributed by atoms with Crippen molar-refractivity contribution in [3.05, 3.63) is 29.0 Å². The topological polar surface area (TPSA) is 38.0 Å². The average molecular weight is 257 g/mol. The van der Waals surface area contributed by atoms with Crippen LogP contribution in [0.25, 0.3) is 0 Å². The SMILES string of the molecule is NCC(Nc1cc(F)ccc1Cl)C1CCCC1. The second-order valence-electron chi connectivity index (χ2n) is 4.66. The van der Waals surface area contributed by atoms with Gasteiger partial charge in [0.25, 0.3) is 0 Å². The molecule has 0 aliphatic heterocycles. The predicted molar refractivity (Wildman–Crippen MR) is 69.8 cm³/mol. The summed E-state index contributed by atoms with van der Waals surface area (Å²) in [4.78, 5) is 0. The van der Waals surface area contributed by atoms with Gasteiger partial charge in [-0.3, -0.25) is 0 Å². The number of benzene rings is 1. The molecular formula is C13H18ClFN2. The van der Waals surface area contributed by atoms with Crippen molar-refractivity contribution in [1.82, 2.24) is 0 Å². The molecule has 0 bridgehead atoms. The fraction of sp³-hybridized carbons (Fsp3) is 0.538. The molecule has 1 fully saturated rings. The Morgan fingerprint density at radius 2 is 2.12 bits per heavy atom. The second kappa shape index (κ2) is 5.69. The van der Waals surface area contributed by atoms with Gasteiger partial charge in [0.2, 0.25) is 0 Å². The Kier molecular flexibility index (Phi) is 4.24. The van der Waals surface area contributed by atoms with E-state index in [1.54, 1.807) is 6.07 Å². The molecule has 1 aromatic carbocycles. The van der Waals surface area contributed by atoms with E-state index in [4.69, 9.17) is 17.3 Å². The van der Waals surface area contributed by atoms with E-state index in [-0.39, 0.29) is 11.9 Å². The maximum atomic E-state index is 13.1. The van der Waals surface area contributed by atoms with E-state index in [0.717, 1.165) is 0 Å². The van der Waals surface area contributed by atoms with Crippen LogP contribution in [-0.2, 0) is 0 Å². The van der Waals surface area contributed by atoms with Gasteiger partial charge >= 0.3 is 0 Å². The van der Waals surface area contributed by atoms with Gasteiger partial charge < -0.3 is 11.1 Å². The van der Waals surface area contributed by atoms with E-state index >= 15 is 0 Å². The van der Waals surface area contributed by atoms with Gasteiger partial charge in [0.1, 0.15) is 5.82 Å². The van der Waals surface area contributed by atoms with E-state index in [1.807, 2.05) is 0 Å². The third kappa shape index (κ3) is 3.11. The van der Waals surface area contributed by atoms with Crippen LogP contribution in [-0.4, -0.2) is 12.6 Å². The number of anilines is 1. The highest BCUT2D eigenvalue weighted by Crippen LogP contribution is 2.31. The molecule has 0 radical (unpaired) electrons. The normalized spacial score (nSPS) is 18.3. The van der Waals surface area contributed by atoms with Gasteiger partial charge in [-0.05, 0) is 37.0 Å². The van der Waals surface area contributed by atoms with Gasteiger partial charge in [-0.25, -0.2) is 4.39 Å². The Hall–Kier alpha value is -0.800. The molecule has 94 valence electrons. The molecule has 1 saturated carbocycles. The van der Waals surface area contributed by atoms with Crippen LogP contribution in [0.3, 0.4) is 0 Å². The molecular weight excluding hydrogens is 239 g/mol. The minimum absolute atomic E-state index is 0.191. The molecule has 0 saturated heterocycles. The summed E-state index contributed by atoms with van der Waals surface area (Å²) in [7, 11) is 0. The van der Waals surface area contributed by atoms with E-state index in [2.05, 4.69) is 5.32 Å². The molecule has 4 heteroatoms. The quantitative estimate of drug-likeness (QED) is 0.866. The molecule has 1 aromatic rings. The van der Waals surface area contributed by atoms with Gasteiger partial charge in [0, 0.05) is 12.6 Å². The molecule has 1 aliphatic rings. The van der Waals surface area contributed by atoms with Crippen LogP contribution in [0.2, 0.25) is 5.02 Å². The minimum atomic E-state index is -0.279. The highest BCUT2D eigenvalue weighted by Gasteiger charge is 2.24. The summed E-state index contributed by atoms with van der Waals surface area (Å²) in [5.41, 5.74) is 6.44. The molecule has 3 N–H and O–H groups in total. The highest BCUT2D eigenvalue weighted by molar-refractivity contribution is 6.33. The summed E-state index contributed by atoms with van der Waals surface area (Å²) < 4.78 is 13.1. The van der Waals surface area contributed by atoms with Crippen LogP contribution in [0, 0.1) is 11.7 Å². The summed E-state index contributed by atoms with van der Waals surface area (Å²) in [5.74, 6) is 0.304. The Morgan fingerprint density at radius 3 is 2.76 bits per heavy atom. The predicted octanol–water partition coefficient (Wildman–Crippen LogP) is 3.41. The third-order valence-electron chi connectivity index (χ3n) is 3.49. The van der Waals surface area contributed by atoms with Gasteiger partial charge in [0.15, 0.2) is 0 Å². The number of hydrogen-bond acceptors (Lipinski definition) is 2. The van der Waals surface area contributed by atoms with Crippen LogP contribution >= 0.6 is 11.6 Å². The molecule has 0 amide bonds. The third-order valence-corrected chi connectivity index (χ3v) is 3.82. The molecule has 0 spiro atoms.